The van der Waals surface area contributed by atoms with Crippen molar-refractivity contribution in [3.05, 3.63) is 23.3 Å². The summed E-state index contributed by atoms with van der Waals surface area (Å²) in [5.41, 5.74) is 2.36. The maximum absolute atomic E-state index is 6.00. The van der Waals surface area contributed by atoms with E-state index in [2.05, 4.69) is 39.8 Å². The molecule has 0 heterocycles. The Morgan fingerprint density at radius 3 is 1.21 bits per heavy atom. The Morgan fingerprint density at radius 1 is 0.536 bits per heavy atom. The number of unbranched alkanes of at least 4 members (excludes halogenated alkanes) is 10. The monoisotopic (exact) mass is 522 g/mol. The zero-order chi connectivity index (χ0) is 19.0. The quantitative estimate of drug-likeness (QED) is 0.201. The maximum atomic E-state index is 6.00. The number of hydrogen-bond acceptors (Lipinski definition) is 2. The van der Waals surface area contributed by atoms with E-state index in [0.717, 1.165) is 37.6 Å². The Balaban J connectivity index is 0. The molecule has 28 heavy (non-hydrogen) atoms. The molecule has 4 heteroatoms. The molecule has 0 spiro atoms. The predicted molar refractivity (Wildman–Crippen MR) is 134 cm³/mol. The van der Waals surface area contributed by atoms with E-state index in [1.165, 1.54) is 75.3 Å². The fourth-order valence-electron chi connectivity index (χ4n) is 3.20. The SMILES string of the molecule is Br.Br.CCCCCCCCOc1cc(C)c(OCCCCCCCC)cc1C. The van der Waals surface area contributed by atoms with Gasteiger partial charge in [0, 0.05) is 0 Å². The lowest BCUT2D eigenvalue weighted by atomic mass is 10.1. The zero-order valence-corrected chi connectivity index (χ0v) is 22.1. The van der Waals surface area contributed by atoms with Gasteiger partial charge in [0.05, 0.1) is 13.2 Å². The molecule has 0 aromatic heterocycles. The van der Waals surface area contributed by atoms with Gasteiger partial charge in [0.1, 0.15) is 11.5 Å². The molecular weight excluding hydrogens is 480 g/mol. The first-order valence-corrected chi connectivity index (χ1v) is 11.1. The smallest absolute Gasteiger partial charge is 0.122 e. The molecule has 1 aromatic carbocycles. The van der Waals surface area contributed by atoms with E-state index in [1.54, 1.807) is 0 Å². The molecule has 1 rings (SSSR count). The van der Waals surface area contributed by atoms with Crippen LogP contribution in [0.2, 0.25) is 0 Å². The normalized spacial score (nSPS) is 10.1. The van der Waals surface area contributed by atoms with Crippen molar-refractivity contribution in [3.8, 4) is 11.5 Å². The molecule has 0 saturated heterocycles. The van der Waals surface area contributed by atoms with E-state index in [1.807, 2.05) is 0 Å². The van der Waals surface area contributed by atoms with Crippen molar-refractivity contribution >= 4 is 34.0 Å². The number of rotatable bonds is 16. The van der Waals surface area contributed by atoms with Crippen molar-refractivity contribution in [1.29, 1.82) is 0 Å². The van der Waals surface area contributed by atoms with Crippen molar-refractivity contribution < 1.29 is 9.47 Å². The molecule has 0 unspecified atom stereocenters. The third-order valence-electron chi connectivity index (χ3n) is 4.98. The number of benzene rings is 1. The molecule has 0 aliphatic rings. The van der Waals surface area contributed by atoms with Crippen molar-refractivity contribution in [2.75, 3.05) is 13.2 Å². The summed E-state index contributed by atoms with van der Waals surface area (Å²) in [6.45, 7) is 10.4. The molecule has 0 aliphatic heterocycles. The van der Waals surface area contributed by atoms with E-state index in [-0.39, 0.29) is 34.0 Å². The molecule has 2 nitrogen and oxygen atoms in total. The minimum atomic E-state index is 0. The molecule has 0 bridgehead atoms. The van der Waals surface area contributed by atoms with Gasteiger partial charge in [-0.05, 0) is 49.9 Å². The average Bonchev–Trinajstić information content (AvgIpc) is 2.63. The molecular formula is C24H44Br2O2. The lowest BCUT2D eigenvalue weighted by Crippen LogP contribution is -2.02. The Labute approximate surface area is 195 Å². The summed E-state index contributed by atoms with van der Waals surface area (Å²) in [7, 11) is 0. The summed E-state index contributed by atoms with van der Waals surface area (Å²) in [6, 6.07) is 4.28. The van der Waals surface area contributed by atoms with E-state index in [4.69, 9.17) is 9.47 Å². The Kier molecular flexibility index (Phi) is 21.5. The van der Waals surface area contributed by atoms with Gasteiger partial charge in [-0.25, -0.2) is 0 Å². The summed E-state index contributed by atoms with van der Waals surface area (Å²) in [4.78, 5) is 0. The van der Waals surface area contributed by atoms with Crippen LogP contribution in [-0.2, 0) is 0 Å². The summed E-state index contributed by atoms with van der Waals surface area (Å²) >= 11 is 0. The third kappa shape index (κ3) is 13.9. The summed E-state index contributed by atoms with van der Waals surface area (Å²) in [5.74, 6) is 2.03. The van der Waals surface area contributed by atoms with Crippen LogP contribution in [0.5, 0.6) is 11.5 Å². The van der Waals surface area contributed by atoms with Gasteiger partial charge >= 0.3 is 0 Å². The van der Waals surface area contributed by atoms with Crippen molar-refractivity contribution in [2.24, 2.45) is 0 Å². The molecule has 166 valence electrons. The number of halogens is 2. The highest BCUT2D eigenvalue weighted by molar-refractivity contribution is 8.93. The van der Waals surface area contributed by atoms with Crippen LogP contribution >= 0.6 is 34.0 Å². The van der Waals surface area contributed by atoms with Crippen LogP contribution < -0.4 is 9.47 Å². The van der Waals surface area contributed by atoms with E-state index >= 15 is 0 Å². The fourth-order valence-corrected chi connectivity index (χ4v) is 3.20. The van der Waals surface area contributed by atoms with Crippen LogP contribution in [0.15, 0.2) is 12.1 Å². The highest BCUT2D eigenvalue weighted by atomic mass is 79.9. The van der Waals surface area contributed by atoms with Crippen LogP contribution in [0, 0.1) is 13.8 Å². The molecule has 0 aliphatic carbocycles. The summed E-state index contributed by atoms with van der Waals surface area (Å²) in [6.07, 6.45) is 15.6. The first kappa shape index (κ1) is 30.0. The average molecular weight is 524 g/mol. The fraction of sp³-hybridized carbons (Fsp3) is 0.750. The van der Waals surface area contributed by atoms with Gasteiger partial charge in [-0.1, -0.05) is 78.1 Å². The van der Waals surface area contributed by atoms with Crippen LogP contribution in [0.1, 0.15) is 102 Å². The highest BCUT2D eigenvalue weighted by Gasteiger charge is 2.07. The van der Waals surface area contributed by atoms with Gasteiger partial charge in [0.25, 0.3) is 0 Å². The molecule has 0 saturated carbocycles. The van der Waals surface area contributed by atoms with E-state index in [0.29, 0.717) is 0 Å². The first-order valence-electron chi connectivity index (χ1n) is 11.1. The zero-order valence-electron chi connectivity index (χ0n) is 18.7. The Bertz CT molecular complexity index is 434. The second-order valence-electron chi connectivity index (χ2n) is 7.62. The largest absolute Gasteiger partial charge is 0.493 e. The van der Waals surface area contributed by atoms with Gasteiger partial charge in [-0.15, -0.1) is 34.0 Å². The van der Waals surface area contributed by atoms with Gasteiger partial charge in [0.2, 0.25) is 0 Å². The lowest BCUT2D eigenvalue weighted by molar-refractivity contribution is 0.293. The topological polar surface area (TPSA) is 18.5 Å². The van der Waals surface area contributed by atoms with Crippen molar-refractivity contribution in [1.82, 2.24) is 0 Å². The highest BCUT2D eigenvalue weighted by Crippen LogP contribution is 2.28. The standard InChI is InChI=1S/C24H42O2.2BrH/c1-5-7-9-11-13-15-17-25-23-19-22(4)24(20-21(23)3)26-18-16-14-12-10-8-6-2;;/h19-20H,5-18H2,1-4H3;2*1H. The van der Waals surface area contributed by atoms with E-state index < -0.39 is 0 Å². The molecule has 0 fully saturated rings. The molecule has 0 amide bonds. The lowest BCUT2D eigenvalue weighted by Gasteiger charge is -2.14. The minimum Gasteiger partial charge on any atom is -0.493 e. The van der Waals surface area contributed by atoms with Crippen LogP contribution in [0.4, 0.5) is 0 Å². The van der Waals surface area contributed by atoms with Crippen LogP contribution in [0.3, 0.4) is 0 Å². The minimum absolute atomic E-state index is 0. The van der Waals surface area contributed by atoms with Crippen LogP contribution in [0.25, 0.3) is 0 Å². The Hall–Kier alpha value is -0.220. The number of aryl methyl sites for hydroxylation is 2. The molecule has 1 aromatic rings. The maximum Gasteiger partial charge on any atom is 0.122 e. The number of hydrogen-bond donors (Lipinski definition) is 0. The molecule has 0 atom stereocenters. The van der Waals surface area contributed by atoms with Crippen LogP contribution in [-0.4, -0.2) is 13.2 Å². The molecule has 0 radical (unpaired) electrons. The first-order chi connectivity index (χ1) is 12.7. The summed E-state index contributed by atoms with van der Waals surface area (Å²) < 4.78 is 12.0. The van der Waals surface area contributed by atoms with Gasteiger partial charge in [-0.2, -0.15) is 0 Å². The van der Waals surface area contributed by atoms with Gasteiger partial charge < -0.3 is 9.47 Å². The molecule has 0 N–H and O–H groups in total. The van der Waals surface area contributed by atoms with Gasteiger partial charge in [-0.3, -0.25) is 0 Å². The second kappa shape index (κ2) is 20.1. The Morgan fingerprint density at radius 2 is 0.857 bits per heavy atom. The predicted octanol–water partition coefficient (Wildman–Crippen LogP) is 8.94. The van der Waals surface area contributed by atoms with Crippen molar-refractivity contribution in [2.45, 2.75) is 105 Å². The van der Waals surface area contributed by atoms with Crippen molar-refractivity contribution in [3.63, 3.8) is 0 Å². The third-order valence-corrected chi connectivity index (χ3v) is 4.98. The van der Waals surface area contributed by atoms with Gasteiger partial charge in [0.15, 0.2) is 0 Å². The number of ether oxygens (including phenoxy) is 2. The summed E-state index contributed by atoms with van der Waals surface area (Å²) in [5, 5.41) is 0. The second-order valence-corrected chi connectivity index (χ2v) is 7.62. The van der Waals surface area contributed by atoms with E-state index in [9.17, 15) is 0 Å².